The largest absolute Gasteiger partial charge is 0.491 e. The minimum absolute atomic E-state index is 0.0252. The molecular formula is C30H30FN5O5. The van der Waals surface area contributed by atoms with Gasteiger partial charge in [-0.1, -0.05) is 25.0 Å². The normalized spacial score (nSPS) is 25.1. The number of halogens is 1. The molecular weight excluding hydrogens is 529 g/mol. The van der Waals surface area contributed by atoms with Gasteiger partial charge in [0.05, 0.1) is 18.3 Å². The van der Waals surface area contributed by atoms with Gasteiger partial charge < -0.3 is 20.1 Å². The number of hydrogen-bond donors (Lipinski definition) is 2. The number of aryl methyl sites for hydroxylation is 1. The van der Waals surface area contributed by atoms with Crippen LogP contribution in [-0.4, -0.2) is 61.7 Å². The summed E-state index contributed by atoms with van der Waals surface area (Å²) < 4.78 is 21.7. The SMILES string of the molecule is Cn1cc(-c2ccc3c(c2)C(O)C[C@@]32NC(=O)N(CC(=O)N3Cc4cc(F)ccc4OC[C@H]3CC3CC3)C2=O)cn1. The fourth-order valence-corrected chi connectivity index (χ4v) is 6.43. The molecule has 1 aromatic heterocycles. The maximum Gasteiger partial charge on any atom is 0.325 e. The Morgan fingerprint density at radius 3 is 2.78 bits per heavy atom. The second-order valence-electron chi connectivity index (χ2n) is 11.6. The van der Waals surface area contributed by atoms with Gasteiger partial charge >= 0.3 is 6.03 Å². The second kappa shape index (κ2) is 9.41. The van der Waals surface area contributed by atoms with E-state index in [1.165, 1.54) is 12.1 Å². The summed E-state index contributed by atoms with van der Waals surface area (Å²) in [5, 5.41) is 18.0. The number of carbonyl (C=O) groups is 3. The number of hydrogen-bond acceptors (Lipinski definition) is 6. The Hall–Kier alpha value is -4.25. The quantitative estimate of drug-likeness (QED) is 0.465. The molecule has 0 bridgehead atoms. The summed E-state index contributed by atoms with van der Waals surface area (Å²) in [5.41, 5.74) is 1.86. The number of nitrogens with one attached hydrogen (secondary N) is 1. The van der Waals surface area contributed by atoms with E-state index in [2.05, 4.69) is 10.4 Å². The molecule has 1 spiro atoms. The summed E-state index contributed by atoms with van der Waals surface area (Å²) in [5.74, 6) is -0.397. The molecule has 2 fully saturated rings. The number of ether oxygens (including phenoxy) is 1. The Morgan fingerprint density at radius 1 is 1.20 bits per heavy atom. The van der Waals surface area contributed by atoms with Crippen molar-refractivity contribution in [3.63, 3.8) is 0 Å². The fourth-order valence-electron chi connectivity index (χ4n) is 6.43. The number of urea groups is 1. The van der Waals surface area contributed by atoms with E-state index >= 15 is 0 Å². The molecule has 212 valence electrons. The molecule has 41 heavy (non-hydrogen) atoms. The van der Waals surface area contributed by atoms with Crippen LogP contribution in [0, 0.1) is 11.7 Å². The van der Waals surface area contributed by atoms with Crippen LogP contribution in [-0.2, 0) is 28.7 Å². The van der Waals surface area contributed by atoms with Crippen molar-refractivity contribution >= 4 is 17.8 Å². The van der Waals surface area contributed by atoms with Gasteiger partial charge in [-0.25, -0.2) is 9.18 Å². The summed E-state index contributed by atoms with van der Waals surface area (Å²) in [4.78, 5) is 43.4. The third-order valence-corrected chi connectivity index (χ3v) is 8.74. The number of benzene rings is 2. The molecule has 0 radical (unpaired) electrons. The minimum atomic E-state index is -1.45. The zero-order valence-electron chi connectivity index (χ0n) is 22.5. The lowest BCUT2D eigenvalue weighted by Crippen LogP contribution is -2.48. The van der Waals surface area contributed by atoms with E-state index in [4.69, 9.17) is 4.74 Å². The molecule has 1 saturated carbocycles. The number of carbonyl (C=O) groups excluding carboxylic acids is 3. The molecule has 1 unspecified atom stereocenters. The number of rotatable bonds is 5. The van der Waals surface area contributed by atoms with Crippen molar-refractivity contribution in [2.75, 3.05) is 13.2 Å². The Labute approximate surface area is 235 Å². The number of aliphatic hydroxyl groups excluding tert-OH is 1. The number of aromatic nitrogens is 2. The molecule has 4 aliphatic rings. The van der Waals surface area contributed by atoms with Crippen LogP contribution in [0.2, 0.25) is 0 Å². The van der Waals surface area contributed by atoms with Crippen molar-refractivity contribution in [3.05, 3.63) is 71.3 Å². The number of aliphatic hydroxyl groups is 1. The van der Waals surface area contributed by atoms with Gasteiger partial charge in [0.25, 0.3) is 5.91 Å². The molecule has 10 nitrogen and oxygen atoms in total. The first kappa shape index (κ1) is 25.7. The first-order valence-corrected chi connectivity index (χ1v) is 13.9. The number of amides is 4. The number of imide groups is 1. The van der Waals surface area contributed by atoms with Crippen LogP contribution >= 0.6 is 0 Å². The van der Waals surface area contributed by atoms with E-state index in [0.717, 1.165) is 35.3 Å². The topological polar surface area (TPSA) is 117 Å². The zero-order chi connectivity index (χ0) is 28.5. The highest BCUT2D eigenvalue weighted by atomic mass is 19.1. The standard InChI is InChI=1S/C30H30FN5O5/c1-34-13-20(12-32-34)18-4-6-24-23(10-18)25(37)11-30(24)28(39)36(29(40)33-30)15-27(38)35-14-19-9-21(31)5-7-26(19)41-16-22(35)8-17-2-3-17/h4-7,9-10,12-13,17,22,25,37H,2-3,8,11,14-16H2,1H3,(H,33,40)/t22-,25?,30-/m1/s1. The van der Waals surface area contributed by atoms with Gasteiger partial charge in [0.1, 0.15) is 30.3 Å². The van der Waals surface area contributed by atoms with E-state index in [1.54, 1.807) is 27.9 Å². The predicted octanol–water partition coefficient (Wildman–Crippen LogP) is 3.00. The highest BCUT2D eigenvalue weighted by molar-refractivity contribution is 6.10. The van der Waals surface area contributed by atoms with Gasteiger partial charge in [-0.05, 0) is 53.3 Å². The Kier molecular flexibility index (Phi) is 5.90. The molecule has 7 rings (SSSR count). The molecule has 3 aromatic rings. The van der Waals surface area contributed by atoms with Crippen molar-refractivity contribution in [1.82, 2.24) is 24.9 Å². The minimum Gasteiger partial charge on any atom is -0.491 e. The monoisotopic (exact) mass is 559 g/mol. The van der Waals surface area contributed by atoms with Gasteiger partial charge in [-0.2, -0.15) is 5.10 Å². The molecule has 11 heteroatoms. The molecule has 3 atom stereocenters. The van der Waals surface area contributed by atoms with Crippen molar-refractivity contribution in [3.8, 4) is 16.9 Å². The molecule has 1 saturated heterocycles. The Bertz CT molecular complexity index is 1580. The van der Waals surface area contributed by atoms with E-state index in [9.17, 15) is 23.9 Å². The van der Waals surface area contributed by atoms with Crippen LogP contribution in [0.3, 0.4) is 0 Å². The van der Waals surface area contributed by atoms with E-state index < -0.39 is 41.9 Å². The van der Waals surface area contributed by atoms with Crippen LogP contribution in [0.4, 0.5) is 9.18 Å². The lowest BCUT2D eigenvalue weighted by atomic mass is 9.90. The lowest BCUT2D eigenvalue weighted by molar-refractivity contribution is -0.141. The summed E-state index contributed by atoms with van der Waals surface area (Å²) in [6.45, 7) is -0.0853. The first-order chi connectivity index (χ1) is 19.7. The summed E-state index contributed by atoms with van der Waals surface area (Å²) in [6, 6.07) is 8.70. The summed E-state index contributed by atoms with van der Waals surface area (Å²) >= 11 is 0. The maximum atomic E-state index is 14.1. The van der Waals surface area contributed by atoms with E-state index in [1.807, 2.05) is 25.4 Å². The van der Waals surface area contributed by atoms with Gasteiger partial charge in [-0.15, -0.1) is 0 Å². The second-order valence-corrected chi connectivity index (χ2v) is 11.6. The van der Waals surface area contributed by atoms with Crippen molar-refractivity contribution in [2.45, 2.75) is 49.9 Å². The molecule has 2 aromatic carbocycles. The fraction of sp³-hybridized carbons (Fsp3) is 0.400. The molecule has 2 N–H and O–H groups in total. The molecule has 4 amide bonds. The predicted molar refractivity (Wildman–Crippen MR) is 144 cm³/mol. The van der Waals surface area contributed by atoms with Crippen LogP contribution in [0.1, 0.15) is 48.5 Å². The highest BCUT2D eigenvalue weighted by Crippen LogP contribution is 2.48. The van der Waals surface area contributed by atoms with Crippen LogP contribution in [0.5, 0.6) is 5.75 Å². The van der Waals surface area contributed by atoms with Gasteiger partial charge in [0, 0.05) is 37.3 Å². The van der Waals surface area contributed by atoms with Crippen molar-refractivity contribution in [1.29, 1.82) is 0 Å². The van der Waals surface area contributed by atoms with Gasteiger partial charge in [0.2, 0.25) is 5.91 Å². The average Bonchev–Trinajstić information content (AvgIpc) is 3.58. The third-order valence-electron chi connectivity index (χ3n) is 8.74. The Morgan fingerprint density at radius 2 is 2.02 bits per heavy atom. The summed E-state index contributed by atoms with van der Waals surface area (Å²) in [6.07, 6.45) is 5.48. The Balaban J connectivity index is 1.15. The third kappa shape index (κ3) is 4.35. The number of nitrogens with zero attached hydrogens (tertiary/aromatic N) is 4. The average molecular weight is 560 g/mol. The van der Waals surface area contributed by atoms with Crippen molar-refractivity contribution < 1.29 is 28.6 Å². The van der Waals surface area contributed by atoms with Gasteiger partial charge in [0.15, 0.2) is 0 Å². The van der Waals surface area contributed by atoms with Crippen LogP contribution in [0.15, 0.2) is 48.8 Å². The lowest BCUT2D eigenvalue weighted by Gasteiger charge is -2.30. The van der Waals surface area contributed by atoms with Gasteiger partial charge in [-0.3, -0.25) is 19.2 Å². The highest BCUT2D eigenvalue weighted by Gasteiger charge is 2.58. The van der Waals surface area contributed by atoms with E-state index in [0.29, 0.717) is 28.4 Å². The first-order valence-electron chi connectivity index (χ1n) is 13.9. The maximum absolute atomic E-state index is 14.1. The molecule has 2 aliphatic heterocycles. The van der Waals surface area contributed by atoms with Crippen LogP contribution in [0.25, 0.3) is 11.1 Å². The summed E-state index contributed by atoms with van der Waals surface area (Å²) in [7, 11) is 1.81. The van der Waals surface area contributed by atoms with E-state index in [-0.39, 0.29) is 25.6 Å². The number of fused-ring (bicyclic) bond motifs is 3. The molecule has 2 aliphatic carbocycles. The van der Waals surface area contributed by atoms with Crippen molar-refractivity contribution in [2.24, 2.45) is 13.0 Å². The molecule has 3 heterocycles. The zero-order valence-corrected chi connectivity index (χ0v) is 22.5. The van der Waals surface area contributed by atoms with Crippen LogP contribution < -0.4 is 10.1 Å². The smallest absolute Gasteiger partial charge is 0.325 e.